The van der Waals surface area contributed by atoms with Crippen LogP contribution in [-0.2, 0) is 9.59 Å². The van der Waals surface area contributed by atoms with E-state index in [9.17, 15) is 9.59 Å². The van der Waals surface area contributed by atoms with Crippen molar-refractivity contribution in [2.24, 2.45) is 0 Å². The third kappa shape index (κ3) is 2.85. The standard InChI is InChI=1S/C17H16N2O2S/c1-19-14-10-6-5-9-13(14)16(17(19)21)18-15(20)11-22-12-7-3-2-4-8-12/h2-10,16H,11H2,1H3,(H,18,20). The monoisotopic (exact) mass is 312 g/mol. The van der Waals surface area contributed by atoms with Crippen LogP contribution in [0.2, 0.25) is 0 Å². The van der Waals surface area contributed by atoms with Gasteiger partial charge < -0.3 is 10.2 Å². The Kier molecular flexibility index (Phi) is 4.15. The van der Waals surface area contributed by atoms with E-state index in [1.807, 2.05) is 54.6 Å². The number of anilines is 1. The van der Waals surface area contributed by atoms with E-state index < -0.39 is 6.04 Å². The molecule has 2 amide bonds. The van der Waals surface area contributed by atoms with Crippen LogP contribution in [0, 0.1) is 0 Å². The molecule has 0 fully saturated rings. The minimum Gasteiger partial charge on any atom is -0.340 e. The van der Waals surface area contributed by atoms with Gasteiger partial charge in [0.15, 0.2) is 0 Å². The van der Waals surface area contributed by atoms with E-state index >= 15 is 0 Å². The number of hydrogen-bond acceptors (Lipinski definition) is 3. The van der Waals surface area contributed by atoms with Crippen LogP contribution >= 0.6 is 11.8 Å². The molecule has 1 heterocycles. The summed E-state index contributed by atoms with van der Waals surface area (Å²) in [5, 5.41) is 2.83. The van der Waals surface area contributed by atoms with Crippen LogP contribution in [0.15, 0.2) is 59.5 Å². The predicted molar refractivity (Wildman–Crippen MR) is 87.9 cm³/mol. The van der Waals surface area contributed by atoms with Crippen molar-refractivity contribution >= 4 is 29.3 Å². The molecule has 1 unspecified atom stereocenters. The number of thioether (sulfide) groups is 1. The van der Waals surface area contributed by atoms with Crippen molar-refractivity contribution in [2.75, 3.05) is 17.7 Å². The third-order valence-corrected chi connectivity index (χ3v) is 4.62. The van der Waals surface area contributed by atoms with Crippen molar-refractivity contribution < 1.29 is 9.59 Å². The van der Waals surface area contributed by atoms with Gasteiger partial charge in [0, 0.05) is 23.2 Å². The first kappa shape index (κ1) is 14.7. The average Bonchev–Trinajstić information content (AvgIpc) is 2.79. The summed E-state index contributed by atoms with van der Waals surface area (Å²) in [7, 11) is 1.73. The number of para-hydroxylation sites is 1. The van der Waals surface area contributed by atoms with E-state index in [0.29, 0.717) is 5.75 Å². The first-order chi connectivity index (χ1) is 10.7. The second-order valence-corrected chi connectivity index (χ2v) is 6.11. The summed E-state index contributed by atoms with van der Waals surface area (Å²) >= 11 is 1.46. The van der Waals surface area contributed by atoms with Crippen LogP contribution in [0.4, 0.5) is 5.69 Å². The molecule has 0 aromatic heterocycles. The molecule has 0 aliphatic carbocycles. The van der Waals surface area contributed by atoms with Crippen LogP contribution < -0.4 is 10.2 Å². The number of likely N-dealkylation sites (N-methyl/N-ethyl adjacent to an activating group) is 1. The van der Waals surface area contributed by atoms with Gasteiger partial charge >= 0.3 is 0 Å². The SMILES string of the molecule is CN1C(=O)C(NC(=O)CSc2ccccc2)c2ccccc21. The van der Waals surface area contributed by atoms with Gasteiger partial charge in [0.25, 0.3) is 5.91 Å². The number of hydrogen-bond donors (Lipinski definition) is 1. The molecule has 22 heavy (non-hydrogen) atoms. The molecule has 0 saturated carbocycles. The molecule has 2 aromatic carbocycles. The summed E-state index contributed by atoms with van der Waals surface area (Å²) in [6.07, 6.45) is 0. The van der Waals surface area contributed by atoms with Gasteiger partial charge in [0.05, 0.1) is 5.75 Å². The van der Waals surface area contributed by atoms with Gasteiger partial charge in [-0.05, 0) is 18.2 Å². The lowest BCUT2D eigenvalue weighted by molar-refractivity contribution is -0.125. The number of amides is 2. The Morgan fingerprint density at radius 1 is 1.14 bits per heavy atom. The maximum atomic E-state index is 12.3. The Morgan fingerprint density at radius 3 is 2.59 bits per heavy atom. The van der Waals surface area contributed by atoms with E-state index in [0.717, 1.165) is 16.1 Å². The van der Waals surface area contributed by atoms with Gasteiger partial charge in [-0.15, -0.1) is 11.8 Å². The molecule has 1 atom stereocenters. The maximum absolute atomic E-state index is 12.3. The highest BCUT2D eigenvalue weighted by molar-refractivity contribution is 8.00. The van der Waals surface area contributed by atoms with Crippen molar-refractivity contribution in [1.82, 2.24) is 5.32 Å². The van der Waals surface area contributed by atoms with Crippen molar-refractivity contribution in [3.05, 3.63) is 60.2 Å². The molecule has 4 nitrogen and oxygen atoms in total. The van der Waals surface area contributed by atoms with Crippen molar-refractivity contribution in [3.8, 4) is 0 Å². The topological polar surface area (TPSA) is 49.4 Å². The van der Waals surface area contributed by atoms with Gasteiger partial charge in [-0.2, -0.15) is 0 Å². The van der Waals surface area contributed by atoms with E-state index in [4.69, 9.17) is 0 Å². The zero-order valence-corrected chi connectivity index (χ0v) is 13.0. The number of fused-ring (bicyclic) bond motifs is 1. The first-order valence-electron chi connectivity index (χ1n) is 7.00. The Hall–Kier alpha value is -2.27. The van der Waals surface area contributed by atoms with Gasteiger partial charge in [-0.3, -0.25) is 9.59 Å². The highest BCUT2D eigenvalue weighted by Crippen LogP contribution is 2.34. The zero-order valence-electron chi connectivity index (χ0n) is 12.2. The Labute approximate surface area is 133 Å². The summed E-state index contributed by atoms with van der Waals surface area (Å²) in [6, 6.07) is 16.7. The highest BCUT2D eigenvalue weighted by Gasteiger charge is 2.35. The van der Waals surface area contributed by atoms with Gasteiger partial charge in [0.2, 0.25) is 5.91 Å². The summed E-state index contributed by atoms with van der Waals surface area (Å²) in [5.74, 6) is 0.0521. The molecule has 5 heteroatoms. The molecule has 0 spiro atoms. The zero-order chi connectivity index (χ0) is 15.5. The Morgan fingerprint density at radius 2 is 1.82 bits per heavy atom. The van der Waals surface area contributed by atoms with Gasteiger partial charge in [-0.1, -0.05) is 36.4 Å². The molecule has 0 saturated heterocycles. The fraction of sp³-hybridized carbons (Fsp3) is 0.176. The number of nitrogens with one attached hydrogen (secondary N) is 1. The van der Waals surface area contributed by atoms with Crippen LogP contribution in [-0.4, -0.2) is 24.6 Å². The van der Waals surface area contributed by atoms with E-state index in [-0.39, 0.29) is 11.8 Å². The number of carbonyl (C=O) groups excluding carboxylic acids is 2. The lowest BCUT2D eigenvalue weighted by Gasteiger charge is -2.13. The number of nitrogens with zero attached hydrogens (tertiary/aromatic N) is 1. The maximum Gasteiger partial charge on any atom is 0.254 e. The van der Waals surface area contributed by atoms with Crippen LogP contribution in [0.5, 0.6) is 0 Å². The molecule has 3 rings (SSSR count). The second-order valence-electron chi connectivity index (χ2n) is 5.06. The van der Waals surface area contributed by atoms with Crippen LogP contribution in [0.25, 0.3) is 0 Å². The fourth-order valence-corrected chi connectivity index (χ4v) is 3.22. The quantitative estimate of drug-likeness (QED) is 0.883. The van der Waals surface area contributed by atoms with Crippen LogP contribution in [0.3, 0.4) is 0 Å². The third-order valence-electron chi connectivity index (χ3n) is 3.61. The van der Waals surface area contributed by atoms with E-state index in [1.165, 1.54) is 11.8 Å². The van der Waals surface area contributed by atoms with Gasteiger partial charge in [-0.25, -0.2) is 0 Å². The number of carbonyl (C=O) groups is 2. The summed E-state index contributed by atoms with van der Waals surface area (Å²) in [5.41, 5.74) is 1.71. The largest absolute Gasteiger partial charge is 0.340 e. The van der Waals surface area contributed by atoms with E-state index in [1.54, 1.807) is 11.9 Å². The summed E-state index contributed by atoms with van der Waals surface area (Å²) in [6.45, 7) is 0. The molecule has 2 aromatic rings. The minimum atomic E-state index is -0.579. The highest BCUT2D eigenvalue weighted by atomic mass is 32.2. The molecular weight excluding hydrogens is 296 g/mol. The van der Waals surface area contributed by atoms with Crippen molar-refractivity contribution in [2.45, 2.75) is 10.9 Å². The molecule has 0 radical (unpaired) electrons. The molecular formula is C17H16N2O2S. The van der Waals surface area contributed by atoms with Crippen molar-refractivity contribution in [3.63, 3.8) is 0 Å². The number of benzene rings is 2. The van der Waals surface area contributed by atoms with E-state index in [2.05, 4.69) is 5.32 Å². The normalized spacial score (nSPS) is 16.5. The molecule has 1 N–H and O–H groups in total. The molecule has 112 valence electrons. The average molecular weight is 312 g/mol. The Balaban J connectivity index is 1.66. The van der Waals surface area contributed by atoms with Crippen LogP contribution in [0.1, 0.15) is 11.6 Å². The van der Waals surface area contributed by atoms with Gasteiger partial charge in [0.1, 0.15) is 6.04 Å². The molecule has 1 aliphatic heterocycles. The summed E-state index contributed by atoms with van der Waals surface area (Å²) in [4.78, 5) is 27.0. The predicted octanol–water partition coefficient (Wildman–Crippen LogP) is 2.61. The Bertz CT molecular complexity index is 703. The second kappa shape index (κ2) is 6.23. The molecule has 1 aliphatic rings. The lowest BCUT2D eigenvalue weighted by atomic mass is 10.1. The van der Waals surface area contributed by atoms with Crippen molar-refractivity contribution in [1.29, 1.82) is 0 Å². The summed E-state index contributed by atoms with van der Waals surface area (Å²) < 4.78 is 0. The first-order valence-corrected chi connectivity index (χ1v) is 7.99. The lowest BCUT2D eigenvalue weighted by Crippen LogP contribution is -2.36. The molecule has 0 bridgehead atoms. The fourth-order valence-electron chi connectivity index (χ4n) is 2.49. The minimum absolute atomic E-state index is 0.0979. The smallest absolute Gasteiger partial charge is 0.254 e. The number of rotatable bonds is 4.